The first-order valence-corrected chi connectivity index (χ1v) is 5.76. The number of anilines is 1. The van der Waals surface area contributed by atoms with Gasteiger partial charge in [0.1, 0.15) is 17.3 Å². The maximum Gasteiger partial charge on any atom is 0.223 e. The van der Waals surface area contributed by atoms with Gasteiger partial charge in [0.25, 0.3) is 0 Å². The molecule has 0 bridgehead atoms. The normalized spacial score (nSPS) is 10.3. The highest BCUT2D eigenvalue weighted by molar-refractivity contribution is 5.68. The molecule has 0 aliphatic carbocycles. The van der Waals surface area contributed by atoms with Crippen LogP contribution in [0.25, 0.3) is 11.3 Å². The smallest absolute Gasteiger partial charge is 0.223 e. The molecule has 1 heterocycles. The van der Waals surface area contributed by atoms with Crippen LogP contribution in [0.2, 0.25) is 0 Å². The van der Waals surface area contributed by atoms with Gasteiger partial charge >= 0.3 is 0 Å². The molecule has 0 saturated carbocycles. The van der Waals surface area contributed by atoms with E-state index in [-0.39, 0.29) is 17.2 Å². The van der Waals surface area contributed by atoms with Gasteiger partial charge < -0.3 is 10.1 Å². The molecule has 0 unspecified atom stereocenters. The Morgan fingerprint density at radius 2 is 2.11 bits per heavy atom. The first-order chi connectivity index (χ1) is 9.15. The minimum atomic E-state index is -0.634. The van der Waals surface area contributed by atoms with Crippen molar-refractivity contribution >= 4 is 5.95 Å². The molecule has 0 atom stereocenters. The number of halogens is 2. The molecule has 0 amide bonds. The SMILES string of the molecule is CCNc1ncc(F)c(-c2cc(F)ccc2OC)n1. The van der Waals surface area contributed by atoms with Gasteiger partial charge in [0.15, 0.2) is 5.82 Å². The molecule has 2 rings (SSSR count). The van der Waals surface area contributed by atoms with E-state index in [0.29, 0.717) is 12.3 Å². The summed E-state index contributed by atoms with van der Waals surface area (Å²) >= 11 is 0. The van der Waals surface area contributed by atoms with E-state index in [2.05, 4.69) is 15.3 Å². The minimum Gasteiger partial charge on any atom is -0.496 e. The topological polar surface area (TPSA) is 47.0 Å². The Balaban J connectivity index is 2.56. The molecule has 1 aromatic heterocycles. The van der Waals surface area contributed by atoms with Crippen LogP contribution in [0.5, 0.6) is 5.75 Å². The van der Waals surface area contributed by atoms with Crippen molar-refractivity contribution in [3.05, 3.63) is 36.0 Å². The summed E-state index contributed by atoms with van der Waals surface area (Å²) in [6.07, 6.45) is 1.05. The van der Waals surface area contributed by atoms with Crippen LogP contribution in [-0.2, 0) is 0 Å². The van der Waals surface area contributed by atoms with Gasteiger partial charge in [-0.05, 0) is 25.1 Å². The Labute approximate surface area is 109 Å². The van der Waals surface area contributed by atoms with E-state index < -0.39 is 11.6 Å². The zero-order valence-electron chi connectivity index (χ0n) is 10.6. The molecule has 0 aliphatic rings. The van der Waals surface area contributed by atoms with Crippen LogP contribution in [0, 0.1) is 11.6 Å². The van der Waals surface area contributed by atoms with Gasteiger partial charge in [-0.3, -0.25) is 0 Å². The number of nitrogens with zero attached hydrogens (tertiary/aromatic N) is 2. The molecule has 19 heavy (non-hydrogen) atoms. The fourth-order valence-corrected chi connectivity index (χ4v) is 1.66. The molecule has 0 spiro atoms. The van der Waals surface area contributed by atoms with E-state index in [0.717, 1.165) is 6.20 Å². The molecule has 4 nitrogen and oxygen atoms in total. The highest BCUT2D eigenvalue weighted by atomic mass is 19.1. The summed E-state index contributed by atoms with van der Waals surface area (Å²) in [7, 11) is 1.43. The quantitative estimate of drug-likeness (QED) is 0.923. The third-order valence-electron chi connectivity index (χ3n) is 2.50. The Bertz CT molecular complexity index is 590. The number of benzene rings is 1. The fourth-order valence-electron chi connectivity index (χ4n) is 1.66. The monoisotopic (exact) mass is 265 g/mol. The predicted molar refractivity (Wildman–Crippen MR) is 68.1 cm³/mol. The number of nitrogens with one attached hydrogen (secondary N) is 1. The lowest BCUT2D eigenvalue weighted by Gasteiger charge is -2.10. The minimum absolute atomic E-state index is 0.00213. The van der Waals surface area contributed by atoms with Gasteiger partial charge in [0.05, 0.1) is 13.3 Å². The lowest BCUT2D eigenvalue weighted by Crippen LogP contribution is -2.04. The second-order valence-corrected chi connectivity index (χ2v) is 3.77. The standard InChI is InChI=1S/C13H13F2N3O/c1-3-16-13-17-7-10(15)12(18-13)9-6-8(14)4-5-11(9)19-2/h4-7H,3H2,1-2H3,(H,16,17,18). The zero-order chi connectivity index (χ0) is 13.8. The summed E-state index contributed by atoms with van der Waals surface area (Å²) in [5.41, 5.74) is 0.254. The van der Waals surface area contributed by atoms with Gasteiger partial charge in [-0.15, -0.1) is 0 Å². The largest absolute Gasteiger partial charge is 0.496 e. The Hall–Kier alpha value is -2.24. The molecule has 0 aliphatic heterocycles. The molecule has 1 N–H and O–H groups in total. The summed E-state index contributed by atoms with van der Waals surface area (Å²) in [4.78, 5) is 7.84. The maximum atomic E-state index is 13.8. The highest BCUT2D eigenvalue weighted by Gasteiger charge is 2.15. The number of hydrogen-bond acceptors (Lipinski definition) is 4. The number of aromatic nitrogens is 2. The van der Waals surface area contributed by atoms with Gasteiger partial charge in [-0.2, -0.15) is 0 Å². The van der Waals surface area contributed by atoms with Crippen LogP contribution in [-0.4, -0.2) is 23.6 Å². The second-order valence-electron chi connectivity index (χ2n) is 3.77. The molecular formula is C13H13F2N3O. The van der Waals surface area contributed by atoms with Gasteiger partial charge in [-0.25, -0.2) is 18.7 Å². The van der Waals surface area contributed by atoms with Crippen molar-refractivity contribution in [2.45, 2.75) is 6.92 Å². The van der Waals surface area contributed by atoms with E-state index in [4.69, 9.17) is 4.74 Å². The predicted octanol–water partition coefficient (Wildman–Crippen LogP) is 2.86. The molecular weight excluding hydrogens is 252 g/mol. The first kappa shape index (κ1) is 13.2. The van der Waals surface area contributed by atoms with Crippen molar-refractivity contribution in [3.63, 3.8) is 0 Å². The number of methoxy groups -OCH3 is 1. The molecule has 6 heteroatoms. The maximum absolute atomic E-state index is 13.8. The molecule has 1 aromatic carbocycles. The second kappa shape index (κ2) is 5.60. The van der Waals surface area contributed by atoms with Gasteiger partial charge in [0, 0.05) is 12.1 Å². The zero-order valence-corrected chi connectivity index (χ0v) is 10.6. The van der Waals surface area contributed by atoms with E-state index in [9.17, 15) is 8.78 Å². The molecule has 100 valence electrons. The fraction of sp³-hybridized carbons (Fsp3) is 0.231. The molecule has 0 saturated heterocycles. The summed E-state index contributed by atoms with van der Waals surface area (Å²) in [5.74, 6) is -0.490. The third kappa shape index (κ3) is 2.78. The number of ether oxygens (including phenoxy) is 1. The van der Waals surface area contributed by atoms with Crippen LogP contribution in [0.1, 0.15) is 6.92 Å². The Morgan fingerprint density at radius 1 is 1.32 bits per heavy atom. The summed E-state index contributed by atoms with van der Waals surface area (Å²) in [5, 5.41) is 2.87. The molecule has 0 fully saturated rings. The van der Waals surface area contributed by atoms with Crippen molar-refractivity contribution in [3.8, 4) is 17.0 Å². The Kier molecular flexibility index (Phi) is 3.89. The van der Waals surface area contributed by atoms with Crippen molar-refractivity contribution in [2.24, 2.45) is 0 Å². The van der Waals surface area contributed by atoms with Crippen molar-refractivity contribution in [1.82, 2.24) is 9.97 Å². The highest BCUT2D eigenvalue weighted by Crippen LogP contribution is 2.31. The first-order valence-electron chi connectivity index (χ1n) is 5.76. The lowest BCUT2D eigenvalue weighted by atomic mass is 10.1. The average molecular weight is 265 g/mol. The molecule has 2 aromatic rings. The Morgan fingerprint density at radius 3 is 2.79 bits per heavy atom. The van der Waals surface area contributed by atoms with E-state index in [1.807, 2.05) is 6.92 Å². The van der Waals surface area contributed by atoms with Gasteiger partial charge in [-0.1, -0.05) is 0 Å². The van der Waals surface area contributed by atoms with E-state index in [1.165, 1.54) is 25.3 Å². The van der Waals surface area contributed by atoms with Crippen LogP contribution in [0.3, 0.4) is 0 Å². The van der Waals surface area contributed by atoms with Crippen LogP contribution >= 0.6 is 0 Å². The number of hydrogen-bond donors (Lipinski definition) is 1. The van der Waals surface area contributed by atoms with Crippen LogP contribution in [0.15, 0.2) is 24.4 Å². The summed E-state index contributed by atoms with van der Waals surface area (Å²) < 4.78 is 32.2. The van der Waals surface area contributed by atoms with Crippen molar-refractivity contribution < 1.29 is 13.5 Å². The lowest BCUT2D eigenvalue weighted by molar-refractivity contribution is 0.415. The third-order valence-corrected chi connectivity index (χ3v) is 2.50. The summed E-state index contributed by atoms with van der Waals surface area (Å²) in [6.45, 7) is 2.47. The van der Waals surface area contributed by atoms with Crippen molar-refractivity contribution in [1.29, 1.82) is 0 Å². The summed E-state index contributed by atoms with van der Waals surface area (Å²) in [6, 6.07) is 3.85. The number of rotatable bonds is 4. The molecule has 0 radical (unpaired) electrons. The van der Waals surface area contributed by atoms with Crippen LogP contribution in [0.4, 0.5) is 14.7 Å². The average Bonchev–Trinajstić information content (AvgIpc) is 2.41. The van der Waals surface area contributed by atoms with Crippen molar-refractivity contribution in [2.75, 3.05) is 19.0 Å². The van der Waals surface area contributed by atoms with E-state index in [1.54, 1.807) is 0 Å². The van der Waals surface area contributed by atoms with Crippen LogP contribution < -0.4 is 10.1 Å². The van der Waals surface area contributed by atoms with E-state index >= 15 is 0 Å². The van der Waals surface area contributed by atoms with Gasteiger partial charge in [0.2, 0.25) is 5.95 Å².